The molecule has 1 heterocycles. The van der Waals surface area contributed by atoms with Gasteiger partial charge in [0.15, 0.2) is 9.84 Å². The number of carbonyl (C=O) groups excluding carboxylic acids is 2. The number of nitrogens with one attached hydrogen (secondary N) is 1. The summed E-state index contributed by atoms with van der Waals surface area (Å²) >= 11 is 0. The molecule has 1 saturated heterocycles. The molecule has 2 rings (SSSR count). The van der Waals surface area contributed by atoms with E-state index in [4.69, 9.17) is 4.74 Å². The second-order valence-electron chi connectivity index (χ2n) is 6.20. The predicted octanol–water partition coefficient (Wildman–Crippen LogP) is 1.58. The van der Waals surface area contributed by atoms with Crippen molar-refractivity contribution in [2.24, 2.45) is 0 Å². The smallest absolute Gasteiger partial charge is 0.409 e. The Bertz CT molecular complexity index is 707. The second kappa shape index (κ2) is 8.33. The minimum absolute atomic E-state index is 0.00822. The fourth-order valence-electron chi connectivity index (χ4n) is 2.74. The summed E-state index contributed by atoms with van der Waals surface area (Å²) in [5, 5.41) is 2.96. The summed E-state index contributed by atoms with van der Waals surface area (Å²) in [6.45, 7) is 3.23. The lowest BCUT2D eigenvalue weighted by atomic mass is 10.0. The van der Waals surface area contributed by atoms with Gasteiger partial charge in [0.2, 0.25) is 0 Å². The number of ether oxygens (including phenoxy) is 1. The molecule has 0 aliphatic carbocycles. The Hall–Kier alpha value is -2.09. The van der Waals surface area contributed by atoms with Crippen LogP contribution in [0.3, 0.4) is 0 Å². The molecule has 1 aromatic carbocycles. The molecule has 0 radical (unpaired) electrons. The zero-order chi connectivity index (χ0) is 18.4. The average Bonchev–Trinajstić information content (AvgIpc) is 2.55. The minimum atomic E-state index is -3.09. The van der Waals surface area contributed by atoms with Gasteiger partial charge in [-0.25, -0.2) is 13.2 Å². The van der Waals surface area contributed by atoms with Gasteiger partial charge in [0.25, 0.3) is 5.91 Å². The molecule has 8 heteroatoms. The van der Waals surface area contributed by atoms with Gasteiger partial charge >= 0.3 is 6.09 Å². The fourth-order valence-corrected chi connectivity index (χ4v) is 3.54. The quantitative estimate of drug-likeness (QED) is 0.852. The molecule has 1 aromatic rings. The second-order valence-corrected chi connectivity index (χ2v) is 8.34. The van der Waals surface area contributed by atoms with Crippen molar-refractivity contribution in [2.45, 2.75) is 31.6 Å². The molecule has 138 valence electrons. The first kappa shape index (κ1) is 19.2. The highest BCUT2D eigenvalue weighted by Gasteiger charge is 2.24. The van der Waals surface area contributed by atoms with Crippen LogP contribution in [0.4, 0.5) is 4.79 Å². The van der Waals surface area contributed by atoms with E-state index in [0.29, 0.717) is 43.7 Å². The zero-order valence-corrected chi connectivity index (χ0v) is 15.3. The van der Waals surface area contributed by atoms with Crippen LogP contribution in [0.1, 0.15) is 35.7 Å². The molecule has 1 aliphatic rings. The highest BCUT2D eigenvalue weighted by atomic mass is 32.2. The third-order valence-electron chi connectivity index (χ3n) is 4.00. The maximum Gasteiger partial charge on any atom is 0.409 e. The molecule has 1 N–H and O–H groups in total. The Labute approximate surface area is 148 Å². The SMILES string of the molecule is CCOC(=O)N1CCC(NC(=O)c2ccc(CS(C)(=O)=O)cc2)CC1. The van der Waals surface area contributed by atoms with E-state index in [1.807, 2.05) is 0 Å². The first-order valence-corrected chi connectivity index (χ1v) is 10.3. The maximum atomic E-state index is 12.3. The molecule has 0 atom stereocenters. The number of amides is 2. The van der Waals surface area contributed by atoms with Crippen LogP contribution in [0.5, 0.6) is 0 Å². The Morgan fingerprint density at radius 1 is 1.20 bits per heavy atom. The third-order valence-corrected chi connectivity index (χ3v) is 4.86. The van der Waals surface area contributed by atoms with Crippen molar-refractivity contribution in [2.75, 3.05) is 26.0 Å². The highest BCUT2D eigenvalue weighted by Crippen LogP contribution is 2.13. The van der Waals surface area contributed by atoms with Crippen LogP contribution in [0.25, 0.3) is 0 Å². The Morgan fingerprint density at radius 2 is 1.80 bits per heavy atom. The lowest BCUT2D eigenvalue weighted by Gasteiger charge is -2.31. The van der Waals surface area contributed by atoms with Gasteiger partial charge in [0, 0.05) is 31.0 Å². The number of likely N-dealkylation sites (tertiary alicyclic amines) is 1. The Kier molecular flexibility index (Phi) is 6.41. The number of sulfone groups is 1. The number of carbonyl (C=O) groups is 2. The lowest BCUT2D eigenvalue weighted by molar-refractivity contribution is 0.0860. The number of hydrogen-bond donors (Lipinski definition) is 1. The van der Waals surface area contributed by atoms with Gasteiger partial charge in [-0.2, -0.15) is 0 Å². The van der Waals surface area contributed by atoms with Crippen molar-refractivity contribution < 1.29 is 22.7 Å². The van der Waals surface area contributed by atoms with Crippen LogP contribution in [0.2, 0.25) is 0 Å². The molecule has 0 aromatic heterocycles. The van der Waals surface area contributed by atoms with Crippen molar-refractivity contribution in [3.05, 3.63) is 35.4 Å². The van der Waals surface area contributed by atoms with E-state index < -0.39 is 9.84 Å². The van der Waals surface area contributed by atoms with Crippen LogP contribution in [0.15, 0.2) is 24.3 Å². The molecule has 0 spiro atoms. The molecule has 1 aliphatic heterocycles. The van der Waals surface area contributed by atoms with Gasteiger partial charge < -0.3 is 15.0 Å². The molecule has 0 bridgehead atoms. The molecule has 2 amide bonds. The van der Waals surface area contributed by atoms with E-state index in [-0.39, 0.29) is 23.8 Å². The number of piperidine rings is 1. The first-order valence-electron chi connectivity index (χ1n) is 8.27. The van der Waals surface area contributed by atoms with Crippen LogP contribution < -0.4 is 5.32 Å². The minimum Gasteiger partial charge on any atom is -0.450 e. The molecular formula is C17H24N2O5S. The maximum absolute atomic E-state index is 12.3. The number of nitrogens with zero attached hydrogens (tertiary/aromatic N) is 1. The van der Waals surface area contributed by atoms with Gasteiger partial charge in [-0.05, 0) is 37.5 Å². The monoisotopic (exact) mass is 368 g/mol. The summed E-state index contributed by atoms with van der Waals surface area (Å²) in [6, 6.07) is 6.57. The Morgan fingerprint density at radius 3 is 2.32 bits per heavy atom. The van der Waals surface area contributed by atoms with E-state index in [0.717, 1.165) is 0 Å². The van der Waals surface area contributed by atoms with Gasteiger partial charge in [-0.1, -0.05) is 12.1 Å². The van der Waals surface area contributed by atoms with E-state index in [9.17, 15) is 18.0 Å². The number of benzene rings is 1. The van der Waals surface area contributed by atoms with Gasteiger partial charge in [0.05, 0.1) is 12.4 Å². The predicted molar refractivity (Wildman–Crippen MR) is 94.1 cm³/mol. The summed E-state index contributed by atoms with van der Waals surface area (Å²) < 4.78 is 27.5. The summed E-state index contributed by atoms with van der Waals surface area (Å²) in [6.07, 6.45) is 2.22. The van der Waals surface area contributed by atoms with Crippen molar-refractivity contribution in [3.8, 4) is 0 Å². The van der Waals surface area contributed by atoms with Gasteiger partial charge in [0.1, 0.15) is 0 Å². The summed E-state index contributed by atoms with van der Waals surface area (Å²) in [4.78, 5) is 25.6. The summed E-state index contributed by atoms with van der Waals surface area (Å²) in [7, 11) is -3.09. The average molecular weight is 368 g/mol. The lowest BCUT2D eigenvalue weighted by Crippen LogP contribution is -2.46. The van der Waals surface area contributed by atoms with E-state index in [2.05, 4.69) is 5.32 Å². The van der Waals surface area contributed by atoms with Crippen LogP contribution in [-0.2, 0) is 20.3 Å². The van der Waals surface area contributed by atoms with Crippen LogP contribution >= 0.6 is 0 Å². The van der Waals surface area contributed by atoms with E-state index >= 15 is 0 Å². The summed E-state index contributed by atoms with van der Waals surface area (Å²) in [5.74, 6) is -0.234. The summed E-state index contributed by atoms with van der Waals surface area (Å²) in [5.41, 5.74) is 1.15. The van der Waals surface area contributed by atoms with Crippen molar-refractivity contribution >= 4 is 21.8 Å². The first-order chi connectivity index (χ1) is 11.8. The largest absolute Gasteiger partial charge is 0.450 e. The molecule has 1 fully saturated rings. The molecular weight excluding hydrogens is 344 g/mol. The van der Waals surface area contributed by atoms with Crippen molar-refractivity contribution in [1.29, 1.82) is 0 Å². The normalized spacial score (nSPS) is 15.7. The van der Waals surface area contributed by atoms with Crippen LogP contribution in [0, 0.1) is 0 Å². The number of rotatable bonds is 5. The molecule has 25 heavy (non-hydrogen) atoms. The van der Waals surface area contributed by atoms with Crippen molar-refractivity contribution in [3.63, 3.8) is 0 Å². The zero-order valence-electron chi connectivity index (χ0n) is 14.5. The van der Waals surface area contributed by atoms with Gasteiger partial charge in [-0.3, -0.25) is 4.79 Å². The number of hydrogen-bond acceptors (Lipinski definition) is 5. The van der Waals surface area contributed by atoms with Gasteiger partial charge in [-0.15, -0.1) is 0 Å². The fraction of sp³-hybridized carbons (Fsp3) is 0.529. The standard InChI is InChI=1S/C17H24N2O5S/c1-3-24-17(21)19-10-8-15(9-11-19)18-16(20)14-6-4-13(5-7-14)12-25(2,22)23/h4-7,15H,3,8-12H2,1-2H3,(H,18,20). The molecule has 0 saturated carbocycles. The van der Waals surface area contributed by atoms with Crippen molar-refractivity contribution in [1.82, 2.24) is 10.2 Å². The topological polar surface area (TPSA) is 92.8 Å². The van der Waals surface area contributed by atoms with E-state index in [1.165, 1.54) is 6.26 Å². The highest BCUT2D eigenvalue weighted by molar-refractivity contribution is 7.89. The van der Waals surface area contributed by atoms with E-state index in [1.54, 1.807) is 36.1 Å². The van der Waals surface area contributed by atoms with Crippen LogP contribution in [-0.4, -0.2) is 57.3 Å². The molecule has 0 unspecified atom stereocenters. The Balaban J connectivity index is 1.85. The third kappa shape index (κ3) is 6.04. The molecule has 7 nitrogen and oxygen atoms in total.